The average molecular weight is 536 g/mol. The maximum absolute atomic E-state index is 13.4. The van der Waals surface area contributed by atoms with E-state index in [2.05, 4.69) is 17.6 Å². The number of carbonyl (C=O) groups is 1. The monoisotopic (exact) mass is 535 g/mol. The predicted molar refractivity (Wildman–Crippen MR) is 150 cm³/mol. The largest absolute Gasteiger partial charge is 0.497 e. The summed E-state index contributed by atoms with van der Waals surface area (Å²) in [5.41, 5.74) is 2.03. The minimum Gasteiger partial charge on any atom is -0.497 e. The van der Waals surface area contributed by atoms with E-state index in [0.717, 1.165) is 45.5 Å². The van der Waals surface area contributed by atoms with Gasteiger partial charge in [-0.2, -0.15) is 0 Å². The number of fused-ring (bicyclic) bond motifs is 2. The van der Waals surface area contributed by atoms with Gasteiger partial charge >= 0.3 is 0 Å². The Labute approximate surface area is 228 Å². The first kappa shape index (κ1) is 26.7. The van der Waals surface area contributed by atoms with Crippen LogP contribution in [0.25, 0.3) is 0 Å². The van der Waals surface area contributed by atoms with Crippen LogP contribution in [0.2, 0.25) is 0 Å². The lowest BCUT2D eigenvalue weighted by Crippen LogP contribution is -2.57. The summed E-state index contributed by atoms with van der Waals surface area (Å²) in [7, 11) is 1.63. The van der Waals surface area contributed by atoms with Gasteiger partial charge in [-0.05, 0) is 60.4 Å². The molecule has 5 unspecified atom stereocenters. The number of nitrogens with zero attached hydrogens (tertiary/aromatic N) is 1. The fraction of sp³-hybridized carbons (Fsp3) is 0.467. The third-order valence-corrected chi connectivity index (χ3v) is 9.97. The Kier molecular flexibility index (Phi) is 7.49. The van der Waals surface area contributed by atoms with E-state index in [0.29, 0.717) is 19.4 Å². The molecule has 1 fully saturated rings. The van der Waals surface area contributed by atoms with Crippen molar-refractivity contribution in [3.05, 3.63) is 70.7 Å². The summed E-state index contributed by atoms with van der Waals surface area (Å²) in [5.74, 6) is 0.665. The molecular weight excluding hydrogens is 498 g/mol. The molecule has 4 N–H and O–H groups in total. The number of benzene rings is 2. The van der Waals surface area contributed by atoms with Gasteiger partial charge in [0.1, 0.15) is 5.75 Å². The van der Waals surface area contributed by atoms with Gasteiger partial charge in [-0.3, -0.25) is 4.79 Å². The molecule has 0 saturated heterocycles. The molecule has 38 heavy (non-hydrogen) atoms. The molecule has 2 aliphatic rings. The maximum Gasteiger partial charge on any atom is 0.220 e. The lowest BCUT2D eigenvalue weighted by molar-refractivity contribution is -0.144. The predicted octanol–water partition coefficient (Wildman–Crippen LogP) is 5.02. The zero-order valence-electron chi connectivity index (χ0n) is 22.2. The summed E-state index contributed by atoms with van der Waals surface area (Å²) in [4.78, 5) is 19.5. The second-order valence-corrected chi connectivity index (χ2v) is 12.3. The van der Waals surface area contributed by atoms with Gasteiger partial charge in [0.15, 0.2) is 5.13 Å². The lowest BCUT2D eigenvalue weighted by atomic mass is 9.47. The van der Waals surface area contributed by atoms with Crippen LogP contribution in [0.5, 0.6) is 5.75 Å². The third kappa shape index (κ3) is 4.93. The number of methoxy groups -OCH3 is 1. The van der Waals surface area contributed by atoms with Crippen LogP contribution in [0.3, 0.4) is 0 Å². The highest BCUT2D eigenvalue weighted by Crippen LogP contribution is 2.62. The van der Waals surface area contributed by atoms with Crippen molar-refractivity contribution in [2.45, 2.75) is 58.1 Å². The molecule has 2 aliphatic carbocycles. The van der Waals surface area contributed by atoms with Gasteiger partial charge in [0.2, 0.25) is 5.91 Å². The summed E-state index contributed by atoms with van der Waals surface area (Å²) < 4.78 is 5.23. The highest BCUT2D eigenvalue weighted by atomic mass is 32.1. The molecule has 0 aliphatic heterocycles. The number of amides is 1. The number of thiazole rings is 1. The number of hydrogen-bond donors (Lipinski definition) is 4. The SMILES string of the molecule is COc1ccc(CNC(=O)CC2c3nc(Nc4ccccc4)sc3CC3C(C)(CO)C(O)CCC23C)cc1. The van der Waals surface area contributed by atoms with Crippen LogP contribution in [-0.4, -0.2) is 40.9 Å². The molecule has 1 heterocycles. The molecule has 0 radical (unpaired) electrons. The van der Waals surface area contributed by atoms with E-state index in [9.17, 15) is 15.0 Å². The number of aliphatic hydroxyl groups is 2. The molecular formula is C30H37N3O4S. The van der Waals surface area contributed by atoms with Crippen LogP contribution in [0.4, 0.5) is 10.8 Å². The van der Waals surface area contributed by atoms with Crippen molar-refractivity contribution in [3.8, 4) is 5.75 Å². The number of ether oxygens (including phenoxy) is 1. The zero-order valence-corrected chi connectivity index (χ0v) is 23.1. The Balaban J connectivity index is 1.43. The second-order valence-electron chi connectivity index (χ2n) is 11.2. The maximum atomic E-state index is 13.4. The van der Waals surface area contributed by atoms with Crippen LogP contribution in [0, 0.1) is 16.7 Å². The van der Waals surface area contributed by atoms with E-state index in [1.54, 1.807) is 18.4 Å². The molecule has 1 saturated carbocycles. The van der Waals surface area contributed by atoms with Gasteiger partial charge in [-0.1, -0.05) is 44.2 Å². The minimum absolute atomic E-state index is 0.0268. The first-order valence-electron chi connectivity index (χ1n) is 13.3. The number of para-hydroxylation sites is 1. The summed E-state index contributed by atoms with van der Waals surface area (Å²) in [6.45, 7) is 4.57. The van der Waals surface area contributed by atoms with Crippen molar-refractivity contribution < 1.29 is 19.7 Å². The van der Waals surface area contributed by atoms with Crippen molar-refractivity contribution in [2.24, 2.45) is 16.7 Å². The highest BCUT2D eigenvalue weighted by Gasteiger charge is 2.59. The molecule has 8 heteroatoms. The van der Waals surface area contributed by atoms with Crippen molar-refractivity contribution >= 4 is 28.1 Å². The molecule has 2 aromatic carbocycles. The number of carbonyl (C=O) groups excluding carboxylic acids is 1. The number of anilines is 2. The summed E-state index contributed by atoms with van der Waals surface area (Å²) in [5, 5.41) is 28.8. The van der Waals surface area contributed by atoms with E-state index in [1.807, 2.05) is 61.5 Å². The summed E-state index contributed by atoms with van der Waals surface area (Å²) in [6.07, 6.45) is 1.85. The molecule has 0 bridgehead atoms. The zero-order chi connectivity index (χ0) is 26.9. The molecule has 1 aromatic heterocycles. The minimum atomic E-state index is -0.639. The number of rotatable bonds is 8. The van der Waals surface area contributed by atoms with Crippen molar-refractivity contribution in [1.82, 2.24) is 10.3 Å². The van der Waals surface area contributed by atoms with Gasteiger partial charge in [0.25, 0.3) is 0 Å². The number of aliphatic hydroxyl groups excluding tert-OH is 2. The number of nitrogens with one attached hydrogen (secondary N) is 2. The second kappa shape index (κ2) is 10.7. The Morgan fingerprint density at radius 1 is 1.16 bits per heavy atom. The number of hydrogen-bond acceptors (Lipinski definition) is 7. The van der Waals surface area contributed by atoms with Crippen molar-refractivity contribution in [2.75, 3.05) is 19.0 Å². The first-order valence-corrected chi connectivity index (χ1v) is 14.1. The standard InChI is InChI=1S/C30H37N3O4S/c1-29-14-13-25(35)30(2,18-34)24(29)16-23-27(33-28(38-23)32-20-7-5-4-6-8-20)22(29)15-26(36)31-17-19-9-11-21(37-3)12-10-19/h4-12,22,24-25,34-35H,13-18H2,1-3H3,(H,31,36)(H,32,33). The van der Waals surface area contributed by atoms with E-state index in [4.69, 9.17) is 9.72 Å². The van der Waals surface area contributed by atoms with Crippen LogP contribution < -0.4 is 15.4 Å². The number of aromatic nitrogens is 1. The molecule has 3 aromatic rings. The molecule has 7 nitrogen and oxygen atoms in total. The normalized spacial score (nSPS) is 28.2. The molecule has 202 valence electrons. The summed E-state index contributed by atoms with van der Waals surface area (Å²) >= 11 is 1.61. The molecule has 5 rings (SSSR count). The fourth-order valence-corrected chi connectivity index (χ4v) is 7.63. The fourth-order valence-electron chi connectivity index (χ4n) is 6.55. The van der Waals surface area contributed by atoms with Gasteiger partial charge < -0.3 is 25.6 Å². The van der Waals surface area contributed by atoms with Crippen LogP contribution >= 0.6 is 11.3 Å². The van der Waals surface area contributed by atoms with Gasteiger partial charge in [-0.15, -0.1) is 11.3 Å². The molecule has 5 atom stereocenters. The van der Waals surface area contributed by atoms with E-state index in [-0.39, 0.29) is 29.8 Å². The van der Waals surface area contributed by atoms with E-state index >= 15 is 0 Å². The third-order valence-electron chi connectivity index (χ3n) is 8.96. The van der Waals surface area contributed by atoms with E-state index < -0.39 is 11.5 Å². The topological polar surface area (TPSA) is 104 Å². The lowest BCUT2D eigenvalue weighted by Gasteiger charge is -2.58. The smallest absolute Gasteiger partial charge is 0.220 e. The van der Waals surface area contributed by atoms with Gasteiger partial charge in [0, 0.05) is 34.9 Å². The Hall–Kier alpha value is -2.94. The summed E-state index contributed by atoms with van der Waals surface area (Å²) in [6, 6.07) is 17.6. The highest BCUT2D eigenvalue weighted by molar-refractivity contribution is 7.15. The van der Waals surface area contributed by atoms with E-state index in [1.165, 1.54) is 0 Å². The quantitative estimate of drug-likeness (QED) is 0.323. The van der Waals surface area contributed by atoms with Crippen LogP contribution in [-0.2, 0) is 17.8 Å². The van der Waals surface area contributed by atoms with Gasteiger partial charge in [0.05, 0.1) is 25.5 Å². The molecule has 1 amide bonds. The Morgan fingerprint density at radius 2 is 1.89 bits per heavy atom. The van der Waals surface area contributed by atoms with Gasteiger partial charge in [-0.25, -0.2) is 4.98 Å². The van der Waals surface area contributed by atoms with Crippen molar-refractivity contribution in [1.29, 1.82) is 0 Å². The van der Waals surface area contributed by atoms with Crippen LogP contribution in [0.1, 0.15) is 55.2 Å². The average Bonchev–Trinajstić information content (AvgIpc) is 3.33. The Bertz CT molecular complexity index is 1260. The first-order chi connectivity index (χ1) is 18.3. The Morgan fingerprint density at radius 3 is 2.58 bits per heavy atom. The van der Waals surface area contributed by atoms with Crippen molar-refractivity contribution in [3.63, 3.8) is 0 Å². The van der Waals surface area contributed by atoms with Crippen LogP contribution in [0.15, 0.2) is 54.6 Å². The molecule has 0 spiro atoms.